The van der Waals surface area contributed by atoms with Gasteiger partial charge < -0.3 is 18.6 Å². The highest BCUT2D eigenvalue weighted by Gasteiger charge is 2.16. The molecule has 0 aliphatic carbocycles. The highest BCUT2D eigenvalue weighted by molar-refractivity contribution is 6.32. The molecule has 0 atom stereocenters. The third kappa shape index (κ3) is 4.54. The van der Waals surface area contributed by atoms with Crippen LogP contribution in [0.15, 0.2) is 21.3 Å². The van der Waals surface area contributed by atoms with Crippen molar-refractivity contribution in [2.75, 3.05) is 20.3 Å². The first-order valence-electron chi connectivity index (χ1n) is 7.98. The zero-order valence-corrected chi connectivity index (χ0v) is 15.5. The Morgan fingerprint density at radius 3 is 2.62 bits per heavy atom. The highest BCUT2D eigenvalue weighted by atomic mass is 35.5. The smallest absolute Gasteiger partial charge is 0.343 e. The third-order valence-electron chi connectivity index (χ3n) is 3.80. The molecule has 1 aromatic heterocycles. The van der Waals surface area contributed by atoms with Gasteiger partial charge in [-0.1, -0.05) is 11.6 Å². The average molecular weight is 383 g/mol. The van der Waals surface area contributed by atoms with Crippen LogP contribution in [0, 0.1) is 6.92 Å². The molecule has 0 saturated carbocycles. The summed E-state index contributed by atoms with van der Waals surface area (Å²) in [6.07, 6.45) is 0.292. The minimum Gasteiger partial charge on any atom is -0.480 e. The predicted octanol–water partition coefficient (Wildman–Crippen LogP) is 2.80. The van der Waals surface area contributed by atoms with Gasteiger partial charge in [0.05, 0.1) is 18.7 Å². The molecule has 0 aliphatic heterocycles. The second-order valence-corrected chi connectivity index (χ2v) is 5.85. The van der Waals surface area contributed by atoms with Crippen LogP contribution in [0.5, 0.6) is 5.75 Å². The SMILES string of the molecule is CCOC(=O)CCc1c(C)c2cc(Cl)c(OCC(=O)OC)cc2oc1=O. The maximum absolute atomic E-state index is 12.3. The quantitative estimate of drug-likeness (QED) is 0.537. The Labute approximate surface area is 154 Å². The summed E-state index contributed by atoms with van der Waals surface area (Å²) in [5.41, 5.74) is 0.795. The average Bonchev–Trinajstić information content (AvgIpc) is 2.60. The van der Waals surface area contributed by atoms with Crippen LogP contribution in [0.3, 0.4) is 0 Å². The lowest BCUT2D eigenvalue weighted by Crippen LogP contribution is -2.14. The summed E-state index contributed by atoms with van der Waals surface area (Å²) >= 11 is 6.19. The van der Waals surface area contributed by atoms with Gasteiger partial charge in [0.1, 0.15) is 11.3 Å². The number of carbonyl (C=O) groups is 2. The van der Waals surface area contributed by atoms with E-state index in [-0.39, 0.29) is 48.4 Å². The maximum Gasteiger partial charge on any atom is 0.343 e. The molecule has 26 heavy (non-hydrogen) atoms. The largest absolute Gasteiger partial charge is 0.480 e. The number of benzene rings is 1. The molecule has 0 N–H and O–H groups in total. The van der Waals surface area contributed by atoms with Gasteiger partial charge in [0, 0.05) is 23.4 Å². The van der Waals surface area contributed by atoms with Crippen LogP contribution in [-0.2, 0) is 25.5 Å². The zero-order valence-electron chi connectivity index (χ0n) is 14.7. The van der Waals surface area contributed by atoms with Crippen molar-refractivity contribution in [1.82, 2.24) is 0 Å². The Kier molecular flexibility index (Phi) is 6.63. The summed E-state index contributed by atoms with van der Waals surface area (Å²) in [5, 5.41) is 0.883. The third-order valence-corrected chi connectivity index (χ3v) is 4.09. The number of aryl methyl sites for hydroxylation is 1. The van der Waals surface area contributed by atoms with E-state index in [2.05, 4.69) is 4.74 Å². The molecular formula is C18H19ClO7. The zero-order chi connectivity index (χ0) is 19.3. The Hall–Kier alpha value is -2.54. The number of rotatable bonds is 7. The van der Waals surface area contributed by atoms with Gasteiger partial charge in [0.15, 0.2) is 6.61 Å². The first-order chi connectivity index (χ1) is 12.4. The fraction of sp³-hybridized carbons (Fsp3) is 0.389. The molecular weight excluding hydrogens is 364 g/mol. The molecule has 7 nitrogen and oxygen atoms in total. The minimum absolute atomic E-state index is 0.0823. The molecule has 0 saturated heterocycles. The molecule has 140 valence electrons. The van der Waals surface area contributed by atoms with Crippen LogP contribution in [-0.4, -0.2) is 32.3 Å². The molecule has 1 aromatic carbocycles. The van der Waals surface area contributed by atoms with Gasteiger partial charge >= 0.3 is 17.6 Å². The molecule has 0 fully saturated rings. The van der Waals surface area contributed by atoms with Gasteiger partial charge in [-0.3, -0.25) is 4.79 Å². The summed E-state index contributed by atoms with van der Waals surface area (Å²) in [7, 11) is 1.24. The lowest BCUT2D eigenvalue weighted by Gasteiger charge is -2.11. The van der Waals surface area contributed by atoms with Crippen molar-refractivity contribution in [3.8, 4) is 5.75 Å². The molecule has 2 rings (SSSR count). The number of fused-ring (bicyclic) bond motifs is 1. The van der Waals surface area contributed by atoms with Crippen LogP contribution in [0.25, 0.3) is 11.0 Å². The highest BCUT2D eigenvalue weighted by Crippen LogP contribution is 2.32. The molecule has 0 amide bonds. The number of halogens is 1. The lowest BCUT2D eigenvalue weighted by atomic mass is 10.0. The standard InChI is InChI=1S/C18H19ClO7/c1-4-24-16(20)6-5-11-10(2)12-7-13(19)15(25-9-17(21)23-3)8-14(12)26-18(11)22/h7-8H,4-6,9H2,1-3H3. The van der Waals surface area contributed by atoms with E-state index in [4.69, 9.17) is 25.5 Å². The van der Waals surface area contributed by atoms with Gasteiger partial charge in [-0.05, 0) is 31.9 Å². The van der Waals surface area contributed by atoms with Crippen molar-refractivity contribution in [2.24, 2.45) is 0 Å². The monoisotopic (exact) mass is 382 g/mol. The molecule has 0 bridgehead atoms. The van der Waals surface area contributed by atoms with Gasteiger partial charge in [-0.15, -0.1) is 0 Å². The number of hydrogen-bond acceptors (Lipinski definition) is 7. The first kappa shape index (κ1) is 19.8. The fourth-order valence-corrected chi connectivity index (χ4v) is 2.66. The maximum atomic E-state index is 12.3. The van der Waals surface area contributed by atoms with Crippen molar-refractivity contribution in [2.45, 2.75) is 26.7 Å². The predicted molar refractivity (Wildman–Crippen MR) is 94.7 cm³/mol. The van der Waals surface area contributed by atoms with Crippen LogP contribution in [0.1, 0.15) is 24.5 Å². The van der Waals surface area contributed by atoms with E-state index in [0.29, 0.717) is 16.5 Å². The number of carbonyl (C=O) groups excluding carboxylic acids is 2. The second-order valence-electron chi connectivity index (χ2n) is 5.44. The number of hydrogen-bond donors (Lipinski definition) is 0. The number of esters is 2. The molecule has 0 unspecified atom stereocenters. The Bertz CT molecular complexity index is 885. The Morgan fingerprint density at radius 1 is 1.23 bits per heavy atom. The minimum atomic E-state index is -0.562. The van der Waals surface area contributed by atoms with Gasteiger partial charge in [-0.2, -0.15) is 0 Å². The van der Waals surface area contributed by atoms with Crippen LogP contribution < -0.4 is 10.4 Å². The van der Waals surface area contributed by atoms with E-state index in [9.17, 15) is 14.4 Å². The summed E-state index contributed by atoms with van der Waals surface area (Å²) in [5.74, 6) is -0.740. The molecule has 0 spiro atoms. The van der Waals surface area contributed by atoms with Gasteiger partial charge in [0.25, 0.3) is 0 Å². The number of methoxy groups -OCH3 is 1. The lowest BCUT2D eigenvalue weighted by molar-refractivity contribution is -0.143. The van der Waals surface area contributed by atoms with Crippen molar-refractivity contribution in [1.29, 1.82) is 0 Å². The molecule has 2 aromatic rings. The molecule has 0 aliphatic rings. The topological polar surface area (TPSA) is 92.0 Å². The Morgan fingerprint density at radius 2 is 1.96 bits per heavy atom. The summed E-state index contributed by atoms with van der Waals surface area (Å²) in [6.45, 7) is 3.44. The van der Waals surface area contributed by atoms with E-state index in [0.717, 1.165) is 0 Å². The number of ether oxygens (including phenoxy) is 3. The van der Waals surface area contributed by atoms with Crippen molar-refractivity contribution < 1.29 is 28.2 Å². The normalized spacial score (nSPS) is 10.6. The van der Waals surface area contributed by atoms with Crippen molar-refractivity contribution in [3.63, 3.8) is 0 Å². The summed E-state index contributed by atoms with van der Waals surface area (Å²) < 4.78 is 20.0. The van der Waals surface area contributed by atoms with Crippen LogP contribution in [0.2, 0.25) is 5.02 Å². The van der Waals surface area contributed by atoms with Crippen LogP contribution in [0.4, 0.5) is 0 Å². The van der Waals surface area contributed by atoms with Gasteiger partial charge in [-0.25, -0.2) is 9.59 Å². The second kappa shape index (κ2) is 8.71. The van der Waals surface area contributed by atoms with Crippen LogP contribution >= 0.6 is 11.6 Å². The Balaban J connectivity index is 2.34. The van der Waals surface area contributed by atoms with Crippen molar-refractivity contribution >= 4 is 34.5 Å². The summed E-state index contributed by atoms with van der Waals surface area (Å²) in [6, 6.07) is 3.04. The van der Waals surface area contributed by atoms with E-state index in [1.54, 1.807) is 19.9 Å². The van der Waals surface area contributed by atoms with E-state index in [1.165, 1.54) is 13.2 Å². The molecule has 0 radical (unpaired) electrons. The fourth-order valence-electron chi connectivity index (χ4n) is 2.45. The van der Waals surface area contributed by atoms with Crippen molar-refractivity contribution in [3.05, 3.63) is 38.7 Å². The van der Waals surface area contributed by atoms with Gasteiger partial charge in [0.2, 0.25) is 0 Å². The van der Waals surface area contributed by atoms with E-state index < -0.39 is 11.6 Å². The van der Waals surface area contributed by atoms with E-state index in [1.807, 2.05) is 0 Å². The first-order valence-corrected chi connectivity index (χ1v) is 8.36. The molecule has 1 heterocycles. The van der Waals surface area contributed by atoms with E-state index >= 15 is 0 Å². The summed E-state index contributed by atoms with van der Waals surface area (Å²) in [4.78, 5) is 35.0. The molecule has 8 heteroatoms.